The minimum atomic E-state index is -2.43. The van der Waals surface area contributed by atoms with Gasteiger partial charge in [-0.25, -0.2) is 0 Å². The molecule has 0 saturated carbocycles. The van der Waals surface area contributed by atoms with E-state index in [9.17, 15) is 0 Å². The number of hydrogen-bond acceptors (Lipinski definition) is 3. The lowest BCUT2D eigenvalue weighted by molar-refractivity contribution is 0.126. The third kappa shape index (κ3) is 3.36. The molecular weight excluding hydrogens is 240 g/mol. The largest absolute Gasteiger partial charge is 0.504 e. The average molecular weight is 255 g/mol. The summed E-state index contributed by atoms with van der Waals surface area (Å²) in [5.41, 5.74) is 1.02. The van der Waals surface area contributed by atoms with E-state index >= 15 is 0 Å². The molecule has 0 aromatic rings. The van der Waals surface area contributed by atoms with Gasteiger partial charge in [-0.2, -0.15) is 0 Å². The minimum Gasteiger partial charge on any atom is -0.377 e. The van der Waals surface area contributed by atoms with Crippen LogP contribution >= 0.6 is 15.9 Å². The van der Waals surface area contributed by atoms with E-state index in [1.807, 2.05) is 0 Å². The Morgan fingerprint density at radius 3 is 1.92 bits per heavy atom. The number of alkyl halides is 1. The van der Waals surface area contributed by atoms with Crippen LogP contribution in [0.1, 0.15) is 0 Å². The summed E-state index contributed by atoms with van der Waals surface area (Å²) in [6.45, 7) is 3.85. The van der Waals surface area contributed by atoms with Crippen LogP contribution in [0, 0.1) is 0 Å². The monoisotopic (exact) mass is 254 g/mol. The van der Waals surface area contributed by atoms with Crippen molar-refractivity contribution in [2.45, 2.75) is 6.04 Å². The standard InChI is InChI=1S/C7H15BrO3Si/c1-7(5-8)6-12(9-2,10-3)11-4/h1,5-6H2,2-4H3. The smallest absolute Gasteiger partial charge is 0.377 e. The first-order chi connectivity index (χ1) is 5.64. The van der Waals surface area contributed by atoms with Gasteiger partial charge in [0.05, 0.1) is 0 Å². The van der Waals surface area contributed by atoms with Crippen LogP contribution < -0.4 is 0 Å². The molecule has 0 aliphatic rings. The second-order valence-electron chi connectivity index (χ2n) is 2.36. The number of rotatable bonds is 6. The summed E-state index contributed by atoms with van der Waals surface area (Å²) in [5, 5.41) is 0.748. The zero-order chi connectivity index (χ0) is 9.61. The number of hydrogen-bond donors (Lipinski definition) is 0. The maximum Gasteiger partial charge on any atom is 0.504 e. The zero-order valence-corrected chi connectivity index (χ0v) is 10.3. The normalized spacial score (nSPS) is 11.7. The van der Waals surface area contributed by atoms with Crippen LogP contribution in [-0.2, 0) is 13.3 Å². The average Bonchev–Trinajstić information content (AvgIpc) is 2.14. The summed E-state index contributed by atoms with van der Waals surface area (Å²) in [4.78, 5) is 0. The molecule has 0 rings (SSSR count). The summed E-state index contributed by atoms with van der Waals surface area (Å²) >= 11 is 3.31. The van der Waals surface area contributed by atoms with Gasteiger partial charge >= 0.3 is 8.80 Å². The van der Waals surface area contributed by atoms with Gasteiger partial charge in [-0.15, -0.1) is 0 Å². The SMILES string of the molecule is C=C(CBr)C[Si](OC)(OC)OC. The topological polar surface area (TPSA) is 27.7 Å². The van der Waals surface area contributed by atoms with Crippen molar-refractivity contribution >= 4 is 24.7 Å². The van der Waals surface area contributed by atoms with Crippen molar-refractivity contribution in [3.05, 3.63) is 12.2 Å². The molecule has 0 spiro atoms. The first-order valence-electron chi connectivity index (χ1n) is 3.52. The fourth-order valence-corrected chi connectivity index (χ4v) is 3.05. The molecule has 0 aromatic carbocycles. The van der Waals surface area contributed by atoms with Crippen molar-refractivity contribution in [2.75, 3.05) is 26.7 Å². The van der Waals surface area contributed by atoms with Crippen molar-refractivity contribution in [1.29, 1.82) is 0 Å². The van der Waals surface area contributed by atoms with Crippen LogP contribution in [0.15, 0.2) is 12.2 Å². The van der Waals surface area contributed by atoms with E-state index in [4.69, 9.17) is 13.3 Å². The Balaban J connectivity index is 4.19. The van der Waals surface area contributed by atoms with E-state index in [0.29, 0.717) is 6.04 Å². The number of allylic oxidation sites excluding steroid dienone is 1. The first kappa shape index (κ1) is 12.3. The summed E-state index contributed by atoms with van der Waals surface area (Å²) in [7, 11) is 2.36. The predicted molar refractivity (Wildman–Crippen MR) is 54.5 cm³/mol. The second-order valence-corrected chi connectivity index (χ2v) is 5.86. The van der Waals surface area contributed by atoms with Gasteiger partial charge in [-0.3, -0.25) is 0 Å². The highest BCUT2D eigenvalue weighted by atomic mass is 79.9. The van der Waals surface area contributed by atoms with E-state index in [1.54, 1.807) is 21.3 Å². The van der Waals surface area contributed by atoms with Crippen molar-refractivity contribution in [3.63, 3.8) is 0 Å². The van der Waals surface area contributed by atoms with E-state index in [0.717, 1.165) is 10.9 Å². The molecular formula is C7H15BrO3Si. The Labute approximate surface area is 83.2 Å². The second kappa shape index (κ2) is 5.88. The lowest BCUT2D eigenvalue weighted by Gasteiger charge is -2.24. The Kier molecular flexibility index (Phi) is 6.03. The molecule has 72 valence electrons. The van der Waals surface area contributed by atoms with Crippen LogP contribution in [0.3, 0.4) is 0 Å². The molecule has 0 fully saturated rings. The molecule has 3 nitrogen and oxygen atoms in total. The predicted octanol–water partition coefficient (Wildman–Crippen LogP) is 1.82. The molecule has 0 bridgehead atoms. The molecule has 0 unspecified atom stereocenters. The molecule has 0 atom stereocenters. The maximum absolute atomic E-state index is 5.22. The molecule has 12 heavy (non-hydrogen) atoms. The maximum atomic E-state index is 5.22. The first-order valence-corrected chi connectivity index (χ1v) is 6.57. The summed E-state index contributed by atoms with van der Waals surface area (Å²) < 4.78 is 15.7. The van der Waals surface area contributed by atoms with E-state index < -0.39 is 8.80 Å². The van der Waals surface area contributed by atoms with Gasteiger partial charge in [0.25, 0.3) is 0 Å². The third-order valence-corrected chi connectivity index (χ3v) is 5.18. The van der Waals surface area contributed by atoms with Crippen molar-refractivity contribution in [3.8, 4) is 0 Å². The van der Waals surface area contributed by atoms with Gasteiger partial charge in [0.1, 0.15) is 0 Å². The Hall–Kier alpha value is 0.317. The zero-order valence-electron chi connectivity index (χ0n) is 7.72. The summed E-state index contributed by atoms with van der Waals surface area (Å²) in [6.07, 6.45) is 0. The van der Waals surface area contributed by atoms with Crippen LogP contribution in [0.2, 0.25) is 6.04 Å². The van der Waals surface area contributed by atoms with Gasteiger partial charge in [-0.05, 0) is 0 Å². The fraction of sp³-hybridized carbons (Fsp3) is 0.714. The van der Waals surface area contributed by atoms with E-state index in [2.05, 4.69) is 22.5 Å². The van der Waals surface area contributed by atoms with Crippen LogP contribution in [0.4, 0.5) is 0 Å². The Morgan fingerprint density at radius 1 is 1.25 bits per heavy atom. The van der Waals surface area contributed by atoms with Crippen LogP contribution in [-0.4, -0.2) is 35.5 Å². The third-order valence-electron chi connectivity index (χ3n) is 1.59. The van der Waals surface area contributed by atoms with Crippen molar-refractivity contribution in [1.82, 2.24) is 0 Å². The summed E-state index contributed by atoms with van der Waals surface area (Å²) in [6, 6.07) is 0.655. The minimum absolute atomic E-state index is 0.655. The van der Waals surface area contributed by atoms with Gasteiger partial charge in [0.15, 0.2) is 0 Å². The molecule has 0 N–H and O–H groups in total. The Bertz CT molecular complexity index is 139. The molecule has 0 heterocycles. The van der Waals surface area contributed by atoms with Gasteiger partial charge in [0, 0.05) is 32.7 Å². The fourth-order valence-electron chi connectivity index (χ4n) is 0.820. The van der Waals surface area contributed by atoms with Crippen molar-refractivity contribution < 1.29 is 13.3 Å². The van der Waals surface area contributed by atoms with Crippen molar-refractivity contribution in [2.24, 2.45) is 0 Å². The summed E-state index contributed by atoms with van der Waals surface area (Å²) in [5.74, 6) is 0. The van der Waals surface area contributed by atoms with Crippen LogP contribution in [0.5, 0.6) is 0 Å². The van der Waals surface area contributed by atoms with Crippen LogP contribution in [0.25, 0.3) is 0 Å². The Morgan fingerprint density at radius 2 is 1.67 bits per heavy atom. The van der Waals surface area contributed by atoms with E-state index in [-0.39, 0.29) is 0 Å². The number of halogens is 1. The lowest BCUT2D eigenvalue weighted by atomic mass is 10.4. The van der Waals surface area contributed by atoms with Gasteiger partial charge in [-0.1, -0.05) is 28.1 Å². The highest BCUT2D eigenvalue weighted by Gasteiger charge is 2.37. The van der Waals surface area contributed by atoms with E-state index in [1.165, 1.54) is 0 Å². The molecule has 0 radical (unpaired) electrons. The molecule has 0 aliphatic heterocycles. The van der Waals surface area contributed by atoms with Gasteiger partial charge in [0.2, 0.25) is 0 Å². The molecule has 5 heteroatoms. The molecule has 0 aliphatic carbocycles. The highest BCUT2D eigenvalue weighted by Crippen LogP contribution is 2.18. The lowest BCUT2D eigenvalue weighted by Crippen LogP contribution is -2.43. The van der Waals surface area contributed by atoms with Gasteiger partial charge < -0.3 is 13.3 Å². The highest BCUT2D eigenvalue weighted by molar-refractivity contribution is 9.09. The molecule has 0 saturated heterocycles. The molecule has 0 aromatic heterocycles. The quantitative estimate of drug-likeness (QED) is 0.411. The molecule has 0 amide bonds.